The van der Waals surface area contributed by atoms with Crippen molar-refractivity contribution in [2.75, 3.05) is 0 Å². The van der Waals surface area contributed by atoms with Crippen LogP contribution in [0.15, 0.2) is 12.7 Å². The van der Waals surface area contributed by atoms with E-state index in [2.05, 4.69) is 15.0 Å². The van der Waals surface area contributed by atoms with Crippen LogP contribution in [-0.4, -0.2) is 31.3 Å². The third kappa shape index (κ3) is 1.82. The molecule has 0 bridgehead atoms. The highest BCUT2D eigenvalue weighted by molar-refractivity contribution is 6.33. The number of hydrogen-bond acceptors (Lipinski definition) is 4. The van der Waals surface area contributed by atoms with E-state index in [1.54, 1.807) is 11.5 Å². The zero-order valence-electron chi connectivity index (χ0n) is 11.5. The number of aromatic nitrogens is 4. The molecule has 2 aromatic rings. The second-order valence-corrected chi connectivity index (χ2v) is 5.72. The molecule has 7 heteroatoms. The van der Waals surface area contributed by atoms with Gasteiger partial charge >= 0.3 is 0 Å². The van der Waals surface area contributed by atoms with Gasteiger partial charge in [-0.2, -0.15) is 0 Å². The van der Waals surface area contributed by atoms with Crippen molar-refractivity contribution in [2.45, 2.75) is 45.2 Å². The molecular weight excluding hydrogens is 283 g/mol. The van der Waals surface area contributed by atoms with E-state index < -0.39 is 11.9 Å². The standard InChI is InChI=1S/C13H16ClFN4O/c1-4-8-7(2)13(3,15)12(20-8)19-6-18-9-10(14)16-5-17-11(9)19/h5-8,12H,4H2,1-3H3/t7-,8+,12+,13?/m0/s1. The minimum absolute atomic E-state index is 0.121. The number of hydrogen-bond donors (Lipinski definition) is 0. The molecule has 0 amide bonds. The summed E-state index contributed by atoms with van der Waals surface area (Å²) < 4.78 is 22.5. The molecule has 1 saturated heterocycles. The first-order valence-corrected chi connectivity index (χ1v) is 7.02. The summed E-state index contributed by atoms with van der Waals surface area (Å²) in [5.41, 5.74) is -0.546. The molecule has 5 nitrogen and oxygen atoms in total. The Kier molecular flexibility index (Phi) is 3.17. The molecule has 108 valence electrons. The van der Waals surface area contributed by atoms with Crippen molar-refractivity contribution in [2.24, 2.45) is 5.92 Å². The van der Waals surface area contributed by atoms with Gasteiger partial charge in [-0.3, -0.25) is 4.57 Å². The minimum atomic E-state index is -1.49. The minimum Gasteiger partial charge on any atom is -0.351 e. The van der Waals surface area contributed by atoms with E-state index in [9.17, 15) is 0 Å². The van der Waals surface area contributed by atoms with Crippen LogP contribution in [0.4, 0.5) is 4.39 Å². The maximum atomic E-state index is 15.0. The molecule has 1 fully saturated rings. The van der Waals surface area contributed by atoms with Crippen LogP contribution in [0.2, 0.25) is 5.15 Å². The summed E-state index contributed by atoms with van der Waals surface area (Å²) in [6, 6.07) is 0. The average Bonchev–Trinajstić information content (AvgIpc) is 2.92. The SMILES string of the molecule is CC[C@H]1O[C@@H](n2cnc3c(Cl)ncnc32)C(C)(F)[C@H]1C. The fourth-order valence-corrected chi connectivity index (χ4v) is 2.96. The Labute approximate surface area is 121 Å². The molecule has 3 rings (SSSR count). The van der Waals surface area contributed by atoms with Crippen LogP contribution in [-0.2, 0) is 4.74 Å². The van der Waals surface area contributed by atoms with Crippen LogP contribution < -0.4 is 0 Å². The summed E-state index contributed by atoms with van der Waals surface area (Å²) in [7, 11) is 0. The summed E-state index contributed by atoms with van der Waals surface area (Å²) in [5, 5.41) is 0.257. The maximum Gasteiger partial charge on any atom is 0.171 e. The maximum absolute atomic E-state index is 15.0. The molecule has 0 radical (unpaired) electrons. The zero-order chi connectivity index (χ0) is 14.5. The van der Waals surface area contributed by atoms with Crippen LogP contribution in [0.25, 0.3) is 11.2 Å². The van der Waals surface area contributed by atoms with E-state index in [0.29, 0.717) is 11.2 Å². The molecule has 2 aromatic heterocycles. The van der Waals surface area contributed by atoms with E-state index in [0.717, 1.165) is 6.42 Å². The summed E-state index contributed by atoms with van der Waals surface area (Å²) in [6.45, 7) is 5.42. The number of ether oxygens (including phenoxy) is 1. The molecule has 4 atom stereocenters. The van der Waals surface area contributed by atoms with Crippen molar-refractivity contribution in [1.29, 1.82) is 0 Å². The van der Waals surface area contributed by atoms with Crippen molar-refractivity contribution in [3.05, 3.63) is 17.8 Å². The lowest BCUT2D eigenvalue weighted by atomic mass is 9.88. The number of fused-ring (bicyclic) bond motifs is 1. The molecule has 1 aliphatic rings. The van der Waals surface area contributed by atoms with Gasteiger partial charge < -0.3 is 4.74 Å². The van der Waals surface area contributed by atoms with Gasteiger partial charge in [-0.1, -0.05) is 25.4 Å². The first-order chi connectivity index (χ1) is 9.46. The van der Waals surface area contributed by atoms with Gasteiger partial charge in [0.1, 0.15) is 11.8 Å². The lowest BCUT2D eigenvalue weighted by Gasteiger charge is -2.25. The number of rotatable bonds is 2. The molecule has 0 spiro atoms. The molecule has 0 saturated carbocycles. The van der Waals surface area contributed by atoms with Crippen molar-refractivity contribution >= 4 is 22.8 Å². The molecule has 0 aliphatic carbocycles. The van der Waals surface area contributed by atoms with Crippen LogP contribution in [0.1, 0.15) is 33.4 Å². The van der Waals surface area contributed by atoms with Crippen molar-refractivity contribution in [3.8, 4) is 0 Å². The topological polar surface area (TPSA) is 52.8 Å². The summed E-state index contributed by atoms with van der Waals surface area (Å²) >= 11 is 5.97. The van der Waals surface area contributed by atoms with Gasteiger partial charge in [0.05, 0.1) is 12.4 Å². The first-order valence-electron chi connectivity index (χ1n) is 6.64. The number of imidazole rings is 1. The van der Waals surface area contributed by atoms with Gasteiger partial charge in [-0.15, -0.1) is 0 Å². The van der Waals surface area contributed by atoms with E-state index in [-0.39, 0.29) is 17.2 Å². The third-order valence-electron chi connectivity index (χ3n) is 4.20. The smallest absolute Gasteiger partial charge is 0.171 e. The quantitative estimate of drug-likeness (QED) is 0.799. The lowest BCUT2D eigenvalue weighted by Crippen LogP contribution is -2.33. The predicted molar refractivity (Wildman–Crippen MR) is 73.2 cm³/mol. The molecule has 1 unspecified atom stereocenters. The van der Waals surface area contributed by atoms with Gasteiger partial charge in [-0.25, -0.2) is 19.3 Å². The second-order valence-electron chi connectivity index (χ2n) is 5.36. The van der Waals surface area contributed by atoms with Gasteiger partial charge in [0.2, 0.25) is 0 Å². The Morgan fingerprint density at radius 1 is 1.45 bits per heavy atom. The Hall–Kier alpha value is -1.27. The summed E-state index contributed by atoms with van der Waals surface area (Å²) in [6.07, 6.45) is 2.75. The number of nitrogens with zero attached hydrogens (tertiary/aromatic N) is 4. The molecule has 1 aliphatic heterocycles. The highest BCUT2D eigenvalue weighted by atomic mass is 35.5. The monoisotopic (exact) mass is 298 g/mol. The second kappa shape index (κ2) is 4.63. The first kappa shape index (κ1) is 13.7. The number of halogens is 2. The van der Waals surface area contributed by atoms with E-state index in [4.69, 9.17) is 16.3 Å². The Balaban J connectivity index is 2.10. The molecular formula is C13H16ClFN4O. The number of alkyl halides is 1. The normalized spacial score (nSPS) is 34.0. The van der Waals surface area contributed by atoms with E-state index >= 15 is 4.39 Å². The van der Waals surface area contributed by atoms with Crippen LogP contribution in [0.3, 0.4) is 0 Å². The fraction of sp³-hybridized carbons (Fsp3) is 0.615. The average molecular weight is 299 g/mol. The Bertz CT molecular complexity index is 644. The lowest BCUT2D eigenvalue weighted by molar-refractivity contribution is -0.0450. The van der Waals surface area contributed by atoms with Crippen molar-refractivity contribution in [1.82, 2.24) is 19.5 Å². The molecule has 20 heavy (non-hydrogen) atoms. The van der Waals surface area contributed by atoms with Crippen molar-refractivity contribution in [3.63, 3.8) is 0 Å². The summed E-state index contributed by atoms with van der Waals surface area (Å²) in [4.78, 5) is 12.2. The largest absolute Gasteiger partial charge is 0.351 e. The van der Waals surface area contributed by atoms with Crippen LogP contribution in [0, 0.1) is 5.92 Å². The molecule has 3 heterocycles. The third-order valence-corrected chi connectivity index (χ3v) is 4.48. The van der Waals surface area contributed by atoms with E-state index in [1.165, 1.54) is 12.7 Å². The zero-order valence-corrected chi connectivity index (χ0v) is 12.3. The highest BCUT2D eigenvalue weighted by Gasteiger charge is 2.52. The van der Waals surface area contributed by atoms with Gasteiger partial charge in [0, 0.05) is 5.92 Å². The predicted octanol–water partition coefficient (Wildman–Crippen LogP) is 3.15. The Morgan fingerprint density at radius 2 is 2.20 bits per heavy atom. The molecule has 0 N–H and O–H groups in total. The Morgan fingerprint density at radius 3 is 2.85 bits per heavy atom. The van der Waals surface area contributed by atoms with E-state index in [1.807, 2.05) is 13.8 Å². The molecule has 0 aromatic carbocycles. The highest BCUT2D eigenvalue weighted by Crippen LogP contribution is 2.46. The summed E-state index contributed by atoms with van der Waals surface area (Å²) in [5.74, 6) is -0.202. The van der Waals surface area contributed by atoms with Crippen molar-refractivity contribution < 1.29 is 9.13 Å². The van der Waals surface area contributed by atoms with Crippen LogP contribution >= 0.6 is 11.6 Å². The van der Waals surface area contributed by atoms with Crippen LogP contribution in [0.5, 0.6) is 0 Å². The van der Waals surface area contributed by atoms with Gasteiger partial charge in [0.15, 0.2) is 22.7 Å². The van der Waals surface area contributed by atoms with Gasteiger partial charge in [0.25, 0.3) is 0 Å². The fourth-order valence-electron chi connectivity index (χ4n) is 2.79. The van der Waals surface area contributed by atoms with Gasteiger partial charge in [-0.05, 0) is 13.3 Å².